The minimum absolute atomic E-state index is 0.191. The van der Waals surface area contributed by atoms with Crippen molar-refractivity contribution in [3.63, 3.8) is 0 Å². The molecule has 0 amide bonds. The van der Waals surface area contributed by atoms with E-state index in [0.29, 0.717) is 12.3 Å². The van der Waals surface area contributed by atoms with Gasteiger partial charge in [0, 0.05) is 12.3 Å². The summed E-state index contributed by atoms with van der Waals surface area (Å²) in [5.41, 5.74) is -0.191. The zero-order chi connectivity index (χ0) is 14.6. The highest BCUT2D eigenvalue weighted by atomic mass is 16.5. The predicted octanol–water partition coefficient (Wildman–Crippen LogP) is 3.55. The molecule has 1 aromatic rings. The smallest absolute Gasteiger partial charge is 0.303 e. The lowest BCUT2D eigenvalue weighted by Crippen LogP contribution is -2.30. The van der Waals surface area contributed by atoms with E-state index in [1.807, 2.05) is 0 Å². The number of rotatable bonds is 6. The Balaban J connectivity index is 2.11. The van der Waals surface area contributed by atoms with E-state index in [1.165, 1.54) is 6.42 Å². The van der Waals surface area contributed by atoms with E-state index in [4.69, 9.17) is 4.52 Å². The van der Waals surface area contributed by atoms with Crippen molar-refractivity contribution in [3.8, 4) is 0 Å². The Kier molecular flexibility index (Phi) is 4.78. The molecule has 1 unspecified atom stereocenters. The first-order chi connectivity index (χ1) is 9.54. The largest absolute Gasteiger partial charge is 0.481 e. The van der Waals surface area contributed by atoms with E-state index in [2.05, 4.69) is 24.0 Å². The van der Waals surface area contributed by atoms with Gasteiger partial charge in [0.25, 0.3) is 0 Å². The molecule has 1 aliphatic carbocycles. The van der Waals surface area contributed by atoms with Crippen LogP contribution in [0.15, 0.2) is 4.52 Å². The van der Waals surface area contributed by atoms with Crippen LogP contribution >= 0.6 is 0 Å². The molecule has 0 saturated heterocycles. The molecule has 5 nitrogen and oxygen atoms in total. The molecule has 1 aliphatic rings. The average Bonchev–Trinajstić information content (AvgIpc) is 2.86. The van der Waals surface area contributed by atoms with Crippen LogP contribution in [0.3, 0.4) is 0 Å². The number of carboxylic acids is 1. The Hall–Kier alpha value is -1.39. The topological polar surface area (TPSA) is 76.2 Å². The van der Waals surface area contributed by atoms with Crippen LogP contribution < -0.4 is 0 Å². The van der Waals surface area contributed by atoms with Crippen molar-refractivity contribution in [2.45, 2.75) is 71.1 Å². The van der Waals surface area contributed by atoms with Gasteiger partial charge >= 0.3 is 5.97 Å². The number of carboxylic acid groups (broad SMARTS) is 1. The second kappa shape index (κ2) is 6.37. The summed E-state index contributed by atoms with van der Waals surface area (Å²) in [6.07, 6.45) is 7.05. The maximum absolute atomic E-state index is 11.2. The van der Waals surface area contributed by atoms with E-state index in [1.54, 1.807) is 0 Å². The SMILES string of the molecule is CCC(C)c1noc(CC2(CC(=O)O)CCCCC2)n1. The van der Waals surface area contributed by atoms with Crippen LogP contribution in [0.25, 0.3) is 0 Å². The lowest BCUT2D eigenvalue weighted by Gasteiger charge is -2.34. The minimum Gasteiger partial charge on any atom is -0.481 e. The standard InChI is InChI=1S/C15H24N2O3/c1-3-11(2)14-16-12(20-17-14)9-15(10-13(18)19)7-5-4-6-8-15/h11H,3-10H2,1-2H3,(H,18,19). The summed E-state index contributed by atoms with van der Waals surface area (Å²) in [7, 11) is 0. The number of carbonyl (C=O) groups is 1. The molecule has 112 valence electrons. The predicted molar refractivity (Wildman–Crippen MR) is 74.5 cm³/mol. The Morgan fingerprint density at radius 3 is 2.70 bits per heavy atom. The lowest BCUT2D eigenvalue weighted by atomic mass is 9.69. The molecule has 0 aliphatic heterocycles. The van der Waals surface area contributed by atoms with Crippen LogP contribution in [0.5, 0.6) is 0 Å². The van der Waals surface area contributed by atoms with Crippen LogP contribution in [0.1, 0.15) is 76.4 Å². The summed E-state index contributed by atoms with van der Waals surface area (Å²) in [4.78, 5) is 15.6. The van der Waals surface area contributed by atoms with Gasteiger partial charge < -0.3 is 9.63 Å². The van der Waals surface area contributed by atoms with Crippen molar-refractivity contribution in [2.75, 3.05) is 0 Å². The molecule has 5 heteroatoms. The molecule has 1 N–H and O–H groups in total. The van der Waals surface area contributed by atoms with Gasteiger partial charge in [-0.05, 0) is 24.7 Å². The Bertz CT molecular complexity index is 450. The normalized spacial score (nSPS) is 19.7. The molecule has 0 spiro atoms. The van der Waals surface area contributed by atoms with E-state index in [0.717, 1.165) is 37.9 Å². The van der Waals surface area contributed by atoms with Gasteiger partial charge in [0.2, 0.25) is 5.89 Å². The van der Waals surface area contributed by atoms with Gasteiger partial charge in [-0.15, -0.1) is 0 Å². The zero-order valence-corrected chi connectivity index (χ0v) is 12.4. The molecular formula is C15H24N2O3. The summed E-state index contributed by atoms with van der Waals surface area (Å²) in [6, 6.07) is 0. The van der Waals surface area contributed by atoms with Crippen LogP contribution in [-0.4, -0.2) is 21.2 Å². The molecule has 0 radical (unpaired) electrons. The monoisotopic (exact) mass is 280 g/mol. The number of hydrogen-bond acceptors (Lipinski definition) is 4. The van der Waals surface area contributed by atoms with Crippen molar-refractivity contribution in [1.82, 2.24) is 10.1 Å². The Morgan fingerprint density at radius 1 is 1.40 bits per heavy atom. The van der Waals surface area contributed by atoms with Gasteiger partial charge in [-0.1, -0.05) is 38.3 Å². The highest BCUT2D eigenvalue weighted by Crippen LogP contribution is 2.42. The maximum Gasteiger partial charge on any atom is 0.303 e. The quantitative estimate of drug-likeness (QED) is 0.862. The number of nitrogens with zero attached hydrogens (tertiary/aromatic N) is 2. The maximum atomic E-state index is 11.2. The van der Waals surface area contributed by atoms with E-state index in [-0.39, 0.29) is 17.8 Å². The highest BCUT2D eigenvalue weighted by Gasteiger charge is 2.36. The molecule has 2 rings (SSSR count). The van der Waals surface area contributed by atoms with E-state index >= 15 is 0 Å². The first kappa shape index (κ1) is 15.0. The number of hydrogen-bond donors (Lipinski definition) is 1. The molecule has 1 aromatic heterocycles. The van der Waals surface area contributed by atoms with Crippen LogP contribution in [-0.2, 0) is 11.2 Å². The molecular weight excluding hydrogens is 256 g/mol. The molecule has 0 aromatic carbocycles. The molecule has 1 saturated carbocycles. The third kappa shape index (κ3) is 3.58. The fourth-order valence-corrected chi connectivity index (χ4v) is 3.08. The van der Waals surface area contributed by atoms with Gasteiger partial charge in [0.15, 0.2) is 5.82 Å². The molecule has 1 atom stereocenters. The van der Waals surface area contributed by atoms with Gasteiger partial charge in [0.05, 0.1) is 6.42 Å². The zero-order valence-electron chi connectivity index (χ0n) is 12.4. The minimum atomic E-state index is -0.728. The van der Waals surface area contributed by atoms with Crippen LogP contribution in [0.4, 0.5) is 0 Å². The molecule has 0 bridgehead atoms. The Labute approximate surface area is 119 Å². The fraction of sp³-hybridized carbons (Fsp3) is 0.800. The summed E-state index contributed by atoms with van der Waals surface area (Å²) in [5, 5.41) is 13.2. The fourth-order valence-electron chi connectivity index (χ4n) is 3.08. The van der Waals surface area contributed by atoms with Gasteiger partial charge in [-0.2, -0.15) is 4.98 Å². The van der Waals surface area contributed by atoms with Gasteiger partial charge in [-0.25, -0.2) is 0 Å². The number of aromatic nitrogens is 2. The molecule has 1 fully saturated rings. The summed E-state index contributed by atoms with van der Waals surface area (Å²) < 4.78 is 5.34. The van der Waals surface area contributed by atoms with Crippen molar-refractivity contribution in [2.24, 2.45) is 5.41 Å². The van der Waals surface area contributed by atoms with Crippen molar-refractivity contribution in [1.29, 1.82) is 0 Å². The summed E-state index contributed by atoms with van der Waals surface area (Å²) in [5.74, 6) is 0.898. The molecule has 1 heterocycles. The van der Waals surface area contributed by atoms with E-state index in [9.17, 15) is 9.90 Å². The Morgan fingerprint density at radius 2 is 2.10 bits per heavy atom. The third-order valence-electron chi connectivity index (χ3n) is 4.50. The number of aliphatic carboxylic acids is 1. The van der Waals surface area contributed by atoms with Crippen LogP contribution in [0, 0.1) is 5.41 Å². The first-order valence-electron chi connectivity index (χ1n) is 7.59. The third-order valence-corrected chi connectivity index (χ3v) is 4.50. The summed E-state index contributed by atoms with van der Waals surface area (Å²) in [6.45, 7) is 4.16. The lowest BCUT2D eigenvalue weighted by molar-refractivity contribution is -0.140. The van der Waals surface area contributed by atoms with Gasteiger partial charge in [0.1, 0.15) is 0 Å². The average molecular weight is 280 g/mol. The van der Waals surface area contributed by atoms with Crippen molar-refractivity contribution >= 4 is 5.97 Å². The van der Waals surface area contributed by atoms with Crippen LogP contribution in [0.2, 0.25) is 0 Å². The van der Waals surface area contributed by atoms with E-state index < -0.39 is 5.97 Å². The first-order valence-corrected chi connectivity index (χ1v) is 7.59. The van der Waals surface area contributed by atoms with Crippen molar-refractivity contribution in [3.05, 3.63) is 11.7 Å². The second-order valence-electron chi connectivity index (χ2n) is 6.16. The summed E-state index contributed by atoms with van der Waals surface area (Å²) >= 11 is 0. The highest BCUT2D eigenvalue weighted by molar-refractivity contribution is 5.67. The van der Waals surface area contributed by atoms with Gasteiger partial charge in [-0.3, -0.25) is 4.79 Å². The second-order valence-corrected chi connectivity index (χ2v) is 6.16. The van der Waals surface area contributed by atoms with Crippen molar-refractivity contribution < 1.29 is 14.4 Å². The molecule has 20 heavy (non-hydrogen) atoms.